The summed E-state index contributed by atoms with van der Waals surface area (Å²) in [6.45, 7) is 3.85. The second-order valence-corrected chi connectivity index (χ2v) is 4.74. The van der Waals surface area contributed by atoms with E-state index < -0.39 is 7.75 Å². The topological polar surface area (TPSA) is 117 Å². The van der Waals surface area contributed by atoms with Gasteiger partial charge in [-0.25, -0.2) is 4.57 Å². The van der Waals surface area contributed by atoms with Crippen LogP contribution in [-0.4, -0.2) is 31.5 Å². The van der Waals surface area contributed by atoms with Gasteiger partial charge in [-0.15, -0.1) is 0 Å². The predicted molar refractivity (Wildman–Crippen MR) is 59.4 cm³/mol. The number of oxime groups is 1. The molecule has 3 N–H and O–H groups in total. The SMILES string of the molecule is CCON=C(C)c1nsc(NP(=O)(O)O)n1. The van der Waals surface area contributed by atoms with Crippen LogP contribution in [0, 0.1) is 0 Å². The van der Waals surface area contributed by atoms with Crippen molar-refractivity contribution in [3.63, 3.8) is 0 Å². The van der Waals surface area contributed by atoms with Crippen molar-refractivity contribution >= 4 is 30.1 Å². The molecule has 0 bridgehead atoms. The summed E-state index contributed by atoms with van der Waals surface area (Å²) in [5.41, 5.74) is 0.442. The van der Waals surface area contributed by atoms with E-state index in [4.69, 9.17) is 14.6 Å². The Hall–Kier alpha value is -1.02. The quantitative estimate of drug-likeness (QED) is 0.410. The van der Waals surface area contributed by atoms with E-state index in [1.807, 2.05) is 5.09 Å². The second kappa shape index (κ2) is 5.35. The molecule has 0 unspecified atom stereocenters. The lowest BCUT2D eigenvalue weighted by Crippen LogP contribution is -2.00. The van der Waals surface area contributed by atoms with Gasteiger partial charge in [0.25, 0.3) is 0 Å². The monoisotopic (exact) mass is 266 g/mol. The summed E-state index contributed by atoms with van der Waals surface area (Å²) in [6, 6.07) is 0. The zero-order chi connectivity index (χ0) is 12.2. The first-order chi connectivity index (χ1) is 7.42. The van der Waals surface area contributed by atoms with Crippen LogP contribution < -0.4 is 5.09 Å². The molecule has 1 heterocycles. The molecular weight excluding hydrogens is 255 g/mol. The maximum absolute atomic E-state index is 10.6. The van der Waals surface area contributed by atoms with Crippen LogP contribution >= 0.6 is 19.3 Å². The van der Waals surface area contributed by atoms with E-state index in [1.165, 1.54) is 0 Å². The molecule has 0 aliphatic rings. The third kappa shape index (κ3) is 4.23. The molecule has 0 radical (unpaired) electrons. The van der Waals surface area contributed by atoms with Crippen molar-refractivity contribution in [1.29, 1.82) is 0 Å². The average molecular weight is 266 g/mol. The minimum Gasteiger partial charge on any atom is -0.396 e. The summed E-state index contributed by atoms with van der Waals surface area (Å²) in [6.07, 6.45) is 0. The van der Waals surface area contributed by atoms with Crippen LogP contribution in [0.1, 0.15) is 19.7 Å². The maximum Gasteiger partial charge on any atom is 0.429 e. The number of nitrogens with one attached hydrogen (secondary N) is 1. The van der Waals surface area contributed by atoms with Gasteiger partial charge in [0.2, 0.25) is 5.13 Å². The first-order valence-electron chi connectivity index (χ1n) is 4.27. The van der Waals surface area contributed by atoms with Gasteiger partial charge in [0.1, 0.15) is 12.3 Å². The summed E-state index contributed by atoms with van der Waals surface area (Å²) in [7, 11) is -4.34. The smallest absolute Gasteiger partial charge is 0.396 e. The van der Waals surface area contributed by atoms with E-state index in [0.29, 0.717) is 12.3 Å². The first kappa shape index (κ1) is 13.0. The van der Waals surface area contributed by atoms with Gasteiger partial charge in [-0.2, -0.15) is 9.36 Å². The number of hydrogen-bond donors (Lipinski definition) is 3. The predicted octanol–water partition coefficient (Wildman–Crippen LogP) is 0.803. The van der Waals surface area contributed by atoms with Crippen LogP contribution in [0.25, 0.3) is 0 Å². The minimum absolute atomic E-state index is 0.0365. The zero-order valence-corrected chi connectivity index (χ0v) is 10.3. The van der Waals surface area contributed by atoms with Gasteiger partial charge in [0, 0.05) is 11.5 Å². The van der Waals surface area contributed by atoms with E-state index >= 15 is 0 Å². The van der Waals surface area contributed by atoms with Crippen LogP contribution in [-0.2, 0) is 9.40 Å². The Labute approximate surface area is 95.7 Å². The Kier molecular flexibility index (Phi) is 4.36. The van der Waals surface area contributed by atoms with E-state index in [9.17, 15) is 4.57 Å². The fraction of sp³-hybridized carbons (Fsp3) is 0.500. The average Bonchev–Trinajstić information content (AvgIpc) is 2.59. The van der Waals surface area contributed by atoms with Crippen molar-refractivity contribution < 1.29 is 19.2 Å². The second-order valence-electron chi connectivity index (χ2n) is 2.67. The van der Waals surface area contributed by atoms with Crippen LogP contribution in [0.2, 0.25) is 0 Å². The lowest BCUT2D eigenvalue weighted by atomic mass is 10.4. The fourth-order valence-electron chi connectivity index (χ4n) is 0.743. The number of rotatable bonds is 5. The lowest BCUT2D eigenvalue weighted by molar-refractivity contribution is 0.158. The minimum atomic E-state index is -4.34. The molecule has 0 aromatic carbocycles. The Morgan fingerprint density at radius 2 is 2.38 bits per heavy atom. The fourth-order valence-corrected chi connectivity index (χ4v) is 2.04. The number of aromatic nitrogens is 2. The van der Waals surface area contributed by atoms with Gasteiger partial charge in [0.05, 0.1) is 0 Å². The van der Waals surface area contributed by atoms with Crippen molar-refractivity contribution in [1.82, 2.24) is 9.36 Å². The van der Waals surface area contributed by atoms with E-state index in [-0.39, 0.29) is 11.0 Å². The molecule has 0 aliphatic carbocycles. The summed E-state index contributed by atoms with van der Waals surface area (Å²) in [5.74, 6) is 0.273. The zero-order valence-electron chi connectivity index (χ0n) is 8.62. The number of nitrogens with zero attached hydrogens (tertiary/aromatic N) is 3. The molecule has 1 aromatic heterocycles. The molecule has 90 valence electrons. The van der Waals surface area contributed by atoms with Gasteiger partial charge in [0.15, 0.2) is 5.82 Å². The summed E-state index contributed by atoms with van der Waals surface area (Å²) in [5, 5.41) is 5.66. The van der Waals surface area contributed by atoms with Crippen molar-refractivity contribution in [3.8, 4) is 0 Å². The molecule has 0 fully saturated rings. The number of hydrogen-bond acceptors (Lipinski definition) is 6. The van der Waals surface area contributed by atoms with E-state index in [1.54, 1.807) is 13.8 Å². The van der Waals surface area contributed by atoms with Crippen molar-refractivity contribution in [2.75, 3.05) is 11.7 Å². The van der Waals surface area contributed by atoms with E-state index in [2.05, 4.69) is 14.5 Å². The summed E-state index contributed by atoms with van der Waals surface area (Å²) in [4.78, 5) is 25.9. The van der Waals surface area contributed by atoms with Gasteiger partial charge in [-0.05, 0) is 13.8 Å². The maximum atomic E-state index is 10.6. The largest absolute Gasteiger partial charge is 0.429 e. The molecule has 0 spiro atoms. The number of anilines is 1. The van der Waals surface area contributed by atoms with Crippen LogP contribution in [0.5, 0.6) is 0 Å². The molecule has 8 nitrogen and oxygen atoms in total. The highest BCUT2D eigenvalue weighted by molar-refractivity contribution is 7.54. The Morgan fingerprint density at radius 1 is 1.69 bits per heavy atom. The molecule has 0 aliphatic heterocycles. The molecule has 1 rings (SSSR count). The van der Waals surface area contributed by atoms with Crippen LogP contribution in [0.15, 0.2) is 5.16 Å². The standard InChI is InChI=1S/C6H11N4O4PS/c1-3-14-8-4(2)5-7-6(16-10-5)9-15(11,12)13/h3H2,1-2H3,(H3,7,9,10,11,12,13). The first-order valence-corrected chi connectivity index (χ1v) is 6.65. The molecule has 16 heavy (non-hydrogen) atoms. The Bertz CT molecular complexity index is 428. The van der Waals surface area contributed by atoms with Crippen molar-refractivity contribution in [2.24, 2.45) is 5.16 Å². The highest BCUT2D eigenvalue weighted by Gasteiger charge is 2.16. The molecular formula is C6H11N4O4PS. The van der Waals surface area contributed by atoms with Gasteiger partial charge < -0.3 is 14.6 Å². The summed E-state index contributed by atoms with van der Waals surface area (Å²) < 4.78 is 14.5. The molecule has 0 atom stereocenters. The Morgan fingerprint density at radius 3 is 2.94 bits per heavy atom. The van der Waals surface area contributed by atoms with Gasteiger partial charge >= 0.3 is 7.75 Å². The molecule has 1 aromatic rings. The highest BCUT2D eigenvalue weighted by Crippen LogP contribution is 2.35. The lowest BCUT2D eigenvalue weighted by Gasteiger charge is -2.01. The molecule has 0 amide bonds. The third-order valence-electron chi connectivity index (χ3n) is 1.32. The summed E-state index contributed by atoms with van der Waals surface area (Å²) >= 11 is 0.837. The molecule has 0 saturated carbocycles. The Balaban J connectivity index is 2.75. The van der Waals surface area contributed by atoms with Gasteiger partial charge in [-0.1, -0.05) is 5.16 Å². The highest BCUT2D eigenvalue weighted by atomic mass is 32.1. The van der Waals surface area contributed by atoms with Crippen molar-refractivity contribution in [3.05, 3.63) is 5.82 Å². The van der Waals surface area contributed by atoms with Crippen LogP contribution in [0.3, 0.4) is 0 Å². The third-order valence-corrected chi connectivity index (χ3v) is 2.61. The normalized spacial score (nSPS) is 12.6. The molecule has 10 heteroatoms. The van der Waals surface area contributed by atoms with E-state index in [0.717, 1.165) is 11.5 Å². The van der Waals surface area contributed by atoms with Gasteiger partial charge in [-0.3, -0.25) is 5.09 Å². The molecule has 0 saturated heterocycles. The van der Waals surface area contributed by atoms with Crippen LogP contribution in [0.4, 0.5) is 5.13 Å². The van der Waals surface area contributed by atoms with Crippen molar-refractivity contribution in [2.45, 2.75) is 13.8 Å².